The fourth-order valence-electron chi connectivity index (χ4n) is 1.74. The van der Waals surface area contributed by atoms with Crippen LogP contribution in [0.3, 0.4) is 0 Å². The predicted octanol–water partition coefficient (Wildman–Crippen LogP) is 2.93. The van der Waals surface area contributed by atoms with Crippen LogP contribution in [-0.2, 0) is 10.5 Å². The fraction of sp³-hybridized carbons (Fsp3) is 0.250. The minimum Gasteiger partial charge on any atom is -0.480 e. The number of aliphatic carboxylic acids is 1. The number of carboxylic acid groups (broad SMARTS) is 1. The molecule has 0 aliphatic carbocycles. The molecular weight excluding hydrogens is 350 g/mol. The van der Waals surface area contributed by atoms with Gasteiger partial charge in [0, 0.05) is 5.75 Å². The van der Waals surface area contributed by atoms with E-state index in [0.717, 1.165) is 5.56 Å². The first kappa shape index (κ1) is 18.2. The molecule has 2 N–H and O–H groups in total. The van der Waals surface area contributed by atoms with Crippen molar-refractivity contribution in [2.45, 2.75) is 30.8 Å². The topological polar surface area (TPSA) is 92.2 Å². The van der Waals surface area contributed by atoms with E-state index in [1.54, 1.807) is 0 Å². The maximum Gasteiger partial charge on any atom is 0.325 e. The van der Waals surface area contributed by atoms with Gasteiger partial charge in [0.1, 0.15) is 6.04 Å². The summed E-state index contributed by atoms with van der Waals surface area (Å²) in [5.41, 5.74) is 2.25. The van der Waals surface area contributed by atoms with Crippen molar-refractivity contribution in [3.8, 4) is 0 Å². The Labute approximate surface area is 148 Å². The number of hydrogen-bond donors (Lipinski definition) is 2. The Hall–Kier alpha value is -2.12. The highest BCUT2D eigenvalue weighted by molar-refractivity contribution is 7.98. The Kier molecular flexibility index (Phi) is 6.16. The highest BCUT2D eigenvalue weighted by atomic mass is 35.5. The molecule has 1 heterocycles. The third-order valence-corrected chi connectivity index (χ3v) is 4.35. The zero-order valence-corrected chi connectivity index (χ0v) is 14.7. The van der Waals surface area contributed by atoms with Gasteiger partial charge in [-0.15, -0.1) is 0 Å². The minimum atomic E-state index is -1.14. The molecule has 8 heteroatoms. The van der Waals surface area contributed by atoms with Gasteiger partial charge in [0.2, 0.25) is 0 Å². The quantitative estimate of drug-likeness (QED) is 0.604. The molecule has 1 aromatic heterocycles. The molecule has 1 amide bonds. The van der Waals surface area contributed by atoms with E-state index in [2.05, 4.69) is 15.3 Å². The molecule has 0 fully saturated rings. The summed E-state index contributed by atoms with van der Waals surface area (Å²) in [6, 6.07) is 7.03. The Morgan fingerprint density at radius 1 is 1.33 bits per heavy atom. The van der Waals surface area contributed by atoms with Crippen LogP contribution < -0.4 is 5.32 Å². The second-order valence-electron chi connectivity index (χ2n) is 5.16. The number of aromatic nitrogens is 2. The summed E-state index contributed by atoms with van der Waals surface area (Å²) in [6.45, 7) is 3.38. The molecule has 0 aliphatic rings. The number of aryl methyl sites for hydroxylation is 1. The van der Waals surface area contributed by atoms with Gasteiger partial charge in [-0.05, 0) is 19.4 Å². The van der Waals surface area contributed by atoms with Crippen molar-refractivity contribution in [3.05, 3.63) is 52.3 Å². The zero-order valence-electron chi connectivity index (χ0n) is 13.1. The summed E-state index contributed by atoms with van der Waals surface area (Å²) >= 11 is 7.31. The van der Waals surface area contributed by atoms with Crippen molar-refractivity contribution in [3.63, 3.8) is 0 Å². The van der Waals surface area contributed by atoms with E-state index < -0.39 is 17.9 Å². The van der Waals surface area contributed by atoms with E-state index in [1.165, 1.54) is 30.4 Å². The van der Waals surface area contributed by atoms with Crippen molar-refractivity contribution < 1.29 is 14.7 Å². The monoisotopic (exact) mass is 365 g/mol. The number of benzene rings is 1. The molecule has 1 unspecified atom stereocenters. The second kappa shape index (κ2) is 8.12. The molecule has 0 saturated heterocycles. The average molecular weight is 366 g/mol. The van der Waals surface area contributed by atoms with Gasteiger partial charge >= 0.3 is 5.97 Å². The molecule has 6 nitrogen and oxygen atoms in total. The number of carbonyl (C=O) groups is 2. The van der Waals surface area contributed by atoms with Crippen LogP contribution in [-0.4, -0.2) is 33.0 Å². The molecular formula is C16H16ClN3O3S. The van der Waals surface area contributed by atoms with Crippen molar-refractivity contribution >= 4 is 35.2 Å². The van der Waals surface area contributed by atoms with Crippen molar-refractivity contribution in [1.29, 1.82) is 0 Å². The summed E-state index contributed by atoms with van der Waals surface area (Å²) < 4.78 is 0. The number of carboxylic acids is 1. The van der Waals surface area contributed by atoms with E-state index in [-0.39, 0.29) is 10.7 Å². The molecule has 1 atom stereocenters. The zero-order chi connectivity index (χ0) is 17.7. The van der Waals surface area contributed by atoms with Crippen LogP contribution in [0.1, 0.15) is 28.5 Å². The third kappa shape index (κ3) is 4.94. The lowest BCUT2D eigenvalue weighted by Gasteiger charge is -2.10. The number of halogens is 1. The highest BCUT2D eigenvalue weighted by Crippen LogP contribution is 2.22. The van der Waals surface area contributed by atoms with Crippen LogP contribution in [0.4, 0.5) is 0 Å². The number of carbonyl (C=O) groups excluding carboxylic acids is 1. The van der Waals surface area contributed by atoms with Gasteiger partial charge < -0.3 is 10.4 Å². The van der Waals surface area contributed by atoms with Crippen LogP contribution in [0.5, 0.6) is 0 Å². The first-order valence-corrected chi connectivity index (χ1v) is 8.47. The Balaban J connectivity index is 2.08. The summed E-state index contributed by atoms with van der Waals surface area (Å²) in [5, 5.41) is 11.6. The molecule has 0 saturated carbocycles. The van der Waals surface area contributed by atoms with Gasteiger partial charge in [0.25, 0.3) is 5.91 Å². The normalized spacial score (nSPS) is 11.8. The SMILES string of the molecule is Cc1ccc(CSc2ncc(Cl)c(C(=O)NC(C)C(=O)O)n2)cc1. The van der Waals surface area contributed by atoms with E-state index >= 15 is 0 Å². The van der Waals surface area contributed by atoms with Crippen molar-refractivity contribution in [2.24, 2.45) is 0 Å². The van der Waals surface area contributed by atoms with Crippen LogP contribution in [0.15, 0.2) is 35.6 Å². The molecule has 0 bridgehead atoms. The molecule has 0 aliphatic heterocycles. The summed E-state index contributed by atoms with van der Waals surface area (Å²) in [6.07, 6.45) is 1.34. The summed E-state index contributed by atoms with van der Waals surface area (Å²) in [4.78, 5) is 31.1. The molecule has 0 radical (unpaired) electrons. The van der Waals surface area contributed by atoms with E-state index in [9.17, 15) is 9.59 Å². The average Bonchev–Trinajstić information content (AvgIpc) is 2.55. The first-order chi connectivity index (χ1) is 11.4. The Bertz CT molecular complexity index is 753. The lowest BCUT2D eigenvalue weighted by atomic mass is 10.2. The standard InChI is InChI=1S/C16H16ClN3O3S/c1-9-3-5-11(6-4-9)8-24-16-18-7-12(17)13(20-16)14(21)19-10(2)15(22)23/h3-7,10H,8H2,1-2H3,(H,19,21)(H,22,23). The molecule has 126 valence electrons. The molecule has 1 aromatic carbocycles. The number of rotatable bonds is 6. The van der Waals surface area contributed by atoms with Gasteiger partial charge in [-0.2, -0.15) is 0 Å². The van der Waals surface area contributed by atoms with Gasteiger partial charge in [-0.3, -0.25) is 9.59 Å². The van der Waals surface area contributed by atoms with Crippen LogP contribution in [0.25, 0.3) is 0 Å². The predicted molar refractivity (Wildman–Crippen MR) is 92.3 cm³/mol. The van der Waals surface area contributed by atoms with Crippen molar-refractivity contribution in [1.82, 2.24) is 15.3 Å². The molecule has 2 aromatic rings. The smallest absolute Gasteiger partial charge is 0.325 e. The summed E-state index contributed by atoms with van der Waals surface area (Å²) in [5.74, 6) is -1.13. The largest absolute Gasteiger partial charge is 0.480 e. The van der Waals surface area contributed by atoms with Crippen molar-refractivity contribution in [2.75, 3.05) is 0 Å². The lowest BCUT2D eigenvalue weighted by molar-refractivity contribution is -0.138. The minimum absolute atomic E-state index is 0.0360. The third-order valence-electron chi connectivity index (χ3n) is 3.14. The van der Waals surface area contributed by atoms with E-state index in [0.29, 0.717) is 10.9 Å². The Morgan fingerprint density at radius 3 is 2.62 bits per heavy atom. The van der Waals surface area contributed by atoms with Gasteiger partial charge in [-0.25, -0.2) is 9.97 Å². The number of nitrogens with one attached hydrogen (secondary N) is 1. The molecule has 0 spiro atoms. The Morgan fingerprint density at radius 2 is 2.00 bits per heavy atom. The summed E-state index contributed by atoms with van der Waals surface area (Å²) in [7, 11) is 0. The first-order valence-electron chi connectivity index (χ1n) is 7.11. The van der Waals surface area contributed by atoms with Crippen LogP contribution in [0, 0.1) is 6.92 Å². The number of hydrogen-bond acceptors (Lipinski definition) is 5. The van der Waals surface area contributed by atoms with Crippen LogP contribution >= 0.6 is 23.4 Å². The maximum atomic E-state index is 12.1. The number of amides is 1. The number of nitrogens with zero attached hydrogens (tertiary/aromatic N) is 2. The maximum absolute atomic E-state index is 12.1. The molecule has 2 rings (SSSR count). The second-order valence-corrected chi connectivity index (χ2v) is 6.51. The van der Waals surface area contributed by atoms with E-state index in [4.69, 9.17) is 16.7 Å². The fourth-order valence-corrected chi connectivity index (χ4v) is 2.69. The van der Waals surface area contributed by atoms with Crippen LogP contribution in [0.2, 0.25) is 5.02 Å². The van der Waals surface area contributed by atoms with Gasteiger partial charge in [0.05, 0.1) is 11.2 Å². The lowest BCUT2D eigenvalue weighted by Crippen LogP contribution is -2.38. The van der Waals surface area contributed by atoms with Gasteiger partial charge in [-0.1, -0.05) is 53.2 Å². The van der Waals surface area contributed by atoms with Gasteiger partial charge in [0.15, 0.2) is 10.9 Å². The number of thioether (sulfide) groups is 1. The highest BCUT2D eigenvalue weighted by Gasteiger charge is 2.19. The van der Waals surface area contributed by atoms with E-state index in [1.807, 2.05) is 31.2 Å². The molecule has 24 heavy (non-hydrogen) atoms.